The van der Waals surface area contributed by atoms with Crippen molar-refractivity contribution in [3.05, 3.63) is 65.5 Å². The van der Waals surface area contributed by atoms with Crippen molar-refractivity contribution in [1.29, 1.82) is 0 Å². The van der Waals surface area contributed by atoms with Gasteiger partial charge in [0.25, 0.3) is 5.91 Å². The predicted octanol–water partition coefficient (Wildman–Crippen LogP) is 4.38. The molecule has 2 aromatic rings. The van der Waals surface area contributed by atoms with Crippen LogP contribution in [0.2, 0.25) is 0 Å². The summed E-state index contributed by atoms with van der Waals surface area (Å²) in [6.07, 6.45) is 5.37. The molecule has 1 saturated carbocycles. The molecule has 2 amide bonds. The van der Waals surface area contributed by atoms with Gasteiger partial charge in [0.05, 0.1) is 0 Å². The molecule has 1 fully saturated rings. The maximum Gasteiger partial charge on any atom is 0.261 e. The molecule has 0 bridgehead atoms. The molecule has 1 aliphatic rings. The highest BCUT2D eigenvalue weighted by molar-refractivity contribution is 5.88. The van der Waals surface area contributed by atoms with Crippen LogP contribution in [0.4, 0.5) is 4.39 Å². The third kappa shape index (κ3) is 6.29. The van der Waals surface area contributed by atoms with Crippen LogP contribution in [0.15, 0.2) is 48.5 Å². The number of benzene rings is 2. The fourth-order valence-corrected chi connectivity index (χ4v) is 3.91. The van der Waals surface area contributed by atoms with Gasteiger partial charge in [0, 0.05) is 12.6 Å². The number of rotatable bonds is 8. The quantitative estimate of drug-likeness (QED) is 0.682. The van der Waals surface area contributed by atoms with Crippen molar-refractivity contribution < 1.29 is 18.7 Å². The van der Waals surface area contributed by atoms with Gasteiger partial charge in [0.15, 0.2) is 18.2 Å². The zero-order chi connectivity index (χ0) is 22.2. The van der Waals surface area contributed by atoms with E-state index < -0.39 is 11.9 Å². The minimum absolute atomic E-state index is 0.0194. The maximum atomic E-state index is 13.9. The zero-order valence-electron chi connectivity index (χ0n) is 18.3. The second-order valence-corrected chi connectivity index (χ2v) is 8.19. The van der Waals surface area contributed by atoms with Crippen molar-refractivity contribution >= 4 is 11.8 Å². The van der Waals surface area contributed by atoms with Crippen LogP contribution in [0.25, 0.3) is 0 Å². The Morgan fingerprint density at radius 3 is 2.48 bits per heavy atom. The molecule has 5 nitrogen and oxygen atoms in total. The zero-order valence-corrected chi connectivity index (χ0v) is 18.3. The van der Waals surface area contributed by atoms with Crippen LogP contribution < -0.4 is 10.1 Å². The topological polar surface area (TPSA) is 58.6 Å². The van der Waals surface area contributed by atoms with Crippen LogP contribution >= 0.6 is 0 Å². The molecule has 6 heteroatoms. The molecule has 1 unspecified atom stereocenters. The van der Waals surface area contributed by atoms with Gasteiger partial charge < -0.3 is 15.0 Å². The monoisotopic (exact) mass is 426 g/mol. The summed E-state index contributed by atoms with van der Waals surface area (Å²) in [6.45, 7) is 3.65. The summed E-state index contributed by atoms with van der Waals surface area (Å²) in [5.74, 6) is -1.03. The summed E-state index contributed by atoms with van der Waals surface area (Å²) >= 11 is 0. The molecule has 0 spiro atoms. The normalized spacial score (nSPS) is 15.2. The number of ether oxygens (including phenoxy) is 1. The lowest BCUT2D eigenvalue weighted by atomic mass is 9.95. The van der Waals surface area contributed by atoms with Gasteiger partial charge in [0.1, 0.15) is 6.04 Å². The number of aryl methyl sites for hydroxylation is 1. The van der Waals surface area contributed by atoms with E-state index in [-0.39, 0.29) is 36.8 Å². The first-order valence-corrected chi connectivity index (χ1v) is 11.0. The fourth-order valence-electron chi connectivity index (χ4n) is 3.91. The Hall–Kier alpha value is -2.89. The molecule has 0 saturated heterocycles. The molecule has 1 aliphatic carbocycles. The highest BCUT2D eigenvalue weighted by Gasteiger charge is 2.28. The number of para-hydroxylation sites is 1. The number of amides is 2. The number of hydrogen-bond donors (Lipinski definition) is 1. The molecular weight excluding hydrogens is 395 g/mol. The smallest absolute Gasteiger partial charge is 0.261 e. The summed E-state index contributed by atoms with van der Waals surface area (Å²) in [7, 11) is 0. The first kappa shape index (κ1) is 22.8. The van der Waals surface area contributed by atoms with Crippen LogP contribution in [0.1, 0.15) is 50.2 Å². The summed E-state index contributed by atoms with van der Waals surface area (Å²) in [5.41, 5.74) is 1.99. The number of carbonyl (C=O) groups excluding carboxylic acids is 2. The highest BCUT2D eigenvalue weighted by Crippen LogP contribution is 2.19. The number of carbonyl (C=O) groups is 2. The van der Waals surface area contributed by atoms with Gasteiger partial charge in [-0.1, -0.05) is 55.7 Å². The van der Waals surface area contributed by atoms with Crippen LogP contribution in [0, 0.1) is 12.7 Å². The predicted molar refractivity (Wildman–Crippen MR) is 118 cm³/mol. The van der Waals surface area contributed by atoms with Gasteiger partial charge in [-0.15, -0.1) is 0 Å². The molecule has 0 heterocycles. The lowest BCUT2D eigenvalue weighted by Crippen LogP contribution is -2.51. The fraction of sp³-hybridized carbons (Fsp3) is 0.440. The van der Waals surface area contributed by atoms with Crippen LogP contribution in [0.3, 0.4) is 0 Å². The second kappa shape index (κ2) is 10.9. The third-order valence-corrected chi connectivity index (χ3v) is 5.91. The van der Waals surface area contributed by atoms with Crippen molar-refractivity contribution in [2.45, 2.75) is 64.6 Å². The SMILES string of the molecule is Cc1ccccc1CN(C(=O)COc1ccccc1F)C(C)C(=O)NC1CCCCC1. The Morgan fingerprint density at radius 1 is 1.10 bits per heavy atom. The van der Waals surface area contributed by atoms with Gasteiger partial charge in [-0.2, -0.15) is 0 Å². The lowest BCUT2D eigenvalue weighted by Gasteiger charge is -2.31. The Labute approximate surface area is 183 Å². The Balaban J connectivity index is 1.72. The molecule has 0 radical (unpaired) electrons. The molecular formula is C25H31FN2O3. The average molecular weight is 427 g/mol. The minimum atomic E-state index is -0.668. The van der Waals surface area contributed by atoms with Gasteiger partial charge in [-0.25, -0.2) is 4.39 Å². The number of nitrogens with one attached hydrogen (secondary N) is 1. The van der Waals surface area contributed by atoms with Gasteiger partial charge >= 0.3 is 0 Å². The maximum absolute atomic E-state index is 13.9. The van der Waals surface area contributed by atoms with E-state index in [2.05, 4.69) is 5.32 Å². The molecule has 0 aromatic heterocycles. The standard InChI is InChI=1S/C25H31FN2O3/c1-18-10-6-7-11-20(18)16-28(19(2)25(30)27-21-12-4-3-5-13-21)24(29)17-31-23-15-9-8-14-22(23)26/h6-11,14-15,19,21H,3-5,12-13,16-17H2,1-2H3,(H,27,30). The summed E-state index contributed by atoms with van der Waals surface area (Å²) in [6, 6.07) is 13.2. The van der Waals surface area contributed by atoms with Crippen molar-refractivity contribution in [2.75, 3.05) is 6.61 Å². The van der Waals surface area contributed by atoms with Gasteiger partial charge in [-0.3, -0.25) is 9.59 Å². The third-order valence-electron chi connectivity index (χ3n) is 5.91. The number of halogens is 1. The van der Waals surface area contributed by atoms with Crippen LogP contribution in [0.5, 0.6) is 5.75 Å². The van der Waals surface area contributed by atoms with Crippen LogP contribution in [-0.4, -0.2) is 35.4 Å². The molecule has 31 heavy (non-hydrogen) atoms. The van der Waals surface area contributed by atoms with E-state index in [0.717, 1.165) is 36.8 Å². The number of nitrogens with zero attached hydrogens (tertiary/aromatic N) is 1. The van der Waals surface area contributed by atoms with Crippen molar-refractivity contribution in [3.63, 3.8) is 0 Å². The van der Waals surface area contributed by atoms with Gasteiger partial charge in [0.2, 0.25) is 5.91 Å². The Kier molecular flexibility index (Phi) is 8.04. The van der Waals surface area contributed by atoms with Crippen molar-refractivity contribution in [3.8, 4) is 5.75 Å². The van der Waals surface area contributed by atoms with Crippen molar-refractivity contribution in [1.82, 2.24) is 10.2 Å². The van der Waals surface area contributed by atoms with E-state index in [0.29, 0.717) is 0 Å². The summed E-state index contributed by atoms with van der Waals surface area (Å²) in [5, 5.41) is 3.10. The van der Waals surface area contributed by atoms with Gasteiger partial charge in [-0.05, 0) is 49.9 Å². The summed E-state index contributed by atoms with van der Waals surface area (Å²) < 4.78 is 19.3. The average Bonchev–Trinajstić information content (AvgIpc) is 2.78. The highest BCUT2D eigenvalue weighted by atomic mass is 19.1. The van der Waals surface area contributed by atoms with E-state index >= 15 is 0 Å². The molecule has 3 rings (SSSR count). The number of hydrogen-bond acceptors (Lipinski definition) is 3. The summed E-state index contributed by atoms with van der Waals surface area (Å²) in [4.78, 5) is 27.6. The Bertz CT molecular complexity index is 896. The molecule has 0 aliphatic heterocycles. The van der Waals surface area contributed by atoms with E-state index in [1.54, 1.807) is 19.1 Å². The largest absolute Gasteiger partial charge is 0.481 e. The first-order valence-electron chi connectivity index (χ1n) is 11.0. The van der Waals surface area contributed by atoms with E-state index in [4.69, 9.17) is 4.74 Å². The molecule has 166 valence electrons. The Morgan fingerprint density at radius 2 is 1.77 bits per heavy atom. The molecule has 1 N–H and O–H groups in total. The lowest BCUT2D eigenvalue weighted by molar-refractivity contribution is -0.142. The van der Waals surface area contributed by atoms with E-state index in [1.807, 2.05) is 31.2 Å². The van der Waals surface area contributed by atoms with E-state index in [1.165, 1.54) is 23.5 Å². The van der Waals surface area contributed by atoms with Crippen LogP contribution in [-0.2, 0) is 16.1 Å². The first-order chi connectivity index (χ1) is 15.0. The molecule has 2 aromatic carbocycles. The molecule has 1 atom stereocenters. The van der Waals surface area contributed by atoms with Crippen molar-refractivity contribution in [2.24, 2.45) is 0 Å². The minimum Gasteiger partial charge on any atom is -0.481 e. The van der Waals surface area contributed by atoms with E-state index in [9.17, 15) is 14.0 Å². The second-order valence-electron chi connectivity index (χ2n) is 8.19.